The lowest BCUT2D eigenvalue weighted by atomic mass is 9.64. The minimum absolute atomic E-state index is 0.00356. The van der Waals surface area contributed by atoms with Gasteiger partial charge in [-0.2, -0.15) is 4.39 Å². The van der Waals surface area contributed by atoms with Crippen molar-refractivity contribution in [3.63, 3.8) is 0 Å². The van der Waals surface area contributed by atoms with Crippen LogP contribution in [0.1, 0.15) is 37.6 Å². The van der Waals surface area contributed by atoms with Crippen LogP contribution in [-0.4, -0.2) is 29.6 Å². The van der Waals surface area contributed by atoms with Crippen molar-refractivity contribution in [3.05, 3.63) is 29.8 Å². The number of nitrogens with zero attached hydrogens (tertiary/aromatic N) is 1. The number of aromatic nitrogens is 1. The predicted octanol–water partition coefficient (Wildman–Crippen LogP) is 2.15. The molecule has 2 unspecified atom stereocenters. The number of nitrogens with one attached hydrogen (secondary N) is 1. The van der Waals surface area contributed by atoms with Crippen molar-refractivity contribution >= 4 is 5.91 Å². The van der Waals surface area contributed by atoms with E-state index in [9.17, 15) is 9.18 Å². The average Bonchev–Trinajstić information content (AvgIpc) is 2.38. The highest BCUT2D eigenvalue weighted by atomic mass is 19.1. The molecular weight excluding hydrogens is 247 g/mol. The summed E-state index contributed by atoms with van der Waals surface area (Å²) in [7, 11) is 0. The van der Waals surface area contributed by atoms with Crippen molar-refractivity contribution in [1.29, 1.82) is 0 Å². The Morgan fingerprint density at radius 3 is 2.95 bits per heavy atom. The van der Waals surface area contributed by atoms with E-state index in [0.29, 0.717) is 6.61 Å². The third kappa shape index (κ3) is 2.61. The van der Waals surface area contributed by atoms with Crippen LogP contribution in [0.25, 0.3) is 0 Å². The van der Waals surface area contributed by atoms with Crippen LogP contribution in [-0.2, 0) is 4.74 Å². The fourth-order valence-corrected chi connectivity index (χ4v) is 2.41. The fraction of sp³-hybridized carbons (Fsp3) is 0.571. The first-order valence-corrected chi connectivity index (χ1v) is 6.49. The second-order valence-electron chi connectivity index (χ2n) is 5.37. The maximum absolute atomic E-state index is 13.4. The molecule has 1 fully saturated rings. The zero-order chi connectivity index (χ0) is 14.0. The smallest absolute Gasteiger partial charge is 0.256 e. The van der Waals surface area contributed by atoms with Gasteiger partial charge in [0.1, 0.15) is 0 Å². The Morgan fingerprint density at radius 1 is 1.63 bits per heavy atom. The monoisotopic (exact) mass is 266 g/mol. The lowest BCUT2D eigenvalue weighted by Gasteiger charge is -2.51. The number of hydrogen-bond acceptors (Lipinski definition) is 3. The SMILES string of the molecule is CCOC1CC(NC(=O)c2cccnc2F)C1(C)C. The van der Waals surface area contributed by atoms with Crippen LogP contribution in [0.3, 0.4) is 0 Å². The maximum atomic E-state index is 13.4. The molecule has 0 radical (unpaired) electrons. The molecule has 1 N–H and O–H groups in total. The first-order chi connectivity index (χ1) is 8.96. The summed E-state index contributed by atoms with van der Waals surface area (Å²) in [5, 5.41) is 2.85. The van der Waals surface area contributed by atoms with E-state index in [1.54, 1.807) is 6.07 Å². The van der Waals surface area contributed by atoms with Gasteiger partial charge in [-0.3, -0.25) is 4.79 Å². The van der Waals surface area contributed by atoms with Gasteiger partial charge in [0, 0.05) is 24.3 Å². The number of hydrogen-bond donors (Lipinski definition) is 1. The predicted molar refractivity (Wildman–Crippen MR) is 69.3 cm³/mol. The van der Waals surface area contributed by atoms with Gasteiger partial charge in [-0.15, -0.1) is 0 Å². The largest absolute Gasteiger partial charge is 0.378 e. The van der Waals surface area contributed by atoms with E-state index in [2.05, 4.69) is 10.3 Å². The summed E-state index contributed by atoms with van der Waals surface area (Å²) in [4.78, 5) is 15.5. The molecule has 2 rings (SSSR count). The molecule has 1 aromatic heterocycles. The van der Waals surface area contributed by atoms with Gasteiger partial charge < -0.3 is 10.1 Å². The van der Waals surface area contributed by atoms with Gasteiger partial charge in [-0.05, 0) is 25.5 Å². The lowest BCUT2D eigenvalue weighted by Crippen LogP contribution is -2.62. The van der Waals surface area contributed by atoms with Crippen LogP contribution in [0, 0.1) is 11.4 Å². The van der Waals surface area contributed by atoms with Gasteiger partial charge in [-0.1, -0.05) is 13.8 Å². The third-order valence-electron chi connectivity index (χ3n) is 3.85. The molecule has 1 saturated carbocycles. The molecule has 1 aliphatic carbocycles. The quantitative estimate of drug-likeness (QED) is 0.850. The van der Waals surface area contributed by atoms with Gasteiger partial charge in [-0.25, -0.2) is 4.98 Å². The van der Waals surface area contributed by atoms with E-state index < -0.39 is 11.9 Å². The Kier molecular flexibility index (Phi) is 3.85. The van der Waals surface area contributed by atoms with Crippen LogP contribution >= 0.6 is 0 Å². The Hall–Kier alpha value is -1.49. The standard InChI is InChI=1S/C14H19FN2O2/c1-4-19-11-8-10(14(11,2)3)17-13(18)9-6-5-7-16-12(9)15/h5-7,10-11H,4,8H2,1-3H3,(H,17,18). The fourth-order valence-electron chi connectivity index (χ4n) is 2.41. The summed E-state index contributed by atoms with van der Waals surface area (Å²) in [5.74, 6) is -1.16. The van der Waals surface area contributed by atoms with Crippen molar-refractivity contribution in [2.45, 2.75) is 39.3 Å². The second-order valence-corrected chi connectivity index (χ2v) is 5.37. The van der Waals surface area contributed by atoms with Crippen molar-refractivity contribution < 1.29 is 13.9 Å². The number of carbonyl (C=O) groups is 1. The van der Waals surface area contributed by atoms with Crippen LogP contribution in [0.15, 0.2) is 18.3 Å². The van der Waals surface area contributed by atoms with Gasteiger partial charge in [0.05, 0.1) is 11.7 Å². The zero-order valence-corrected chi connectivity index (χ0v) is 11.4. The van der Waals surface area contributed by atoms with Gasteiger partial charge in [0.2, 0.25) is 5.95 Å². The van der Waals surface area contributed by atoms with Crippen molar-refractivity contribution in [1.82, 2.24) is 10.3 Å². The summed E-state index contributed by atoms with van der Waals surface area (Å²) in [6.07, 6.45) is 2.22. The average molecular weight is 266 g/mol. The molecule has 19 heavy (non-hydrogen) atoms. The first-order valence-electron chi connectivity index (χ1n) is 6.49. The molecular formula is C14H19FN2O2. The van der Waals surface area contributed by atoms with E-state index in [0.717, 1.165) is 6.42 Å². The molecule has 0 aromatic carbocycles. The highest BCUT2D eigenvalue weighted by molar-refractivity contribution is 5.94. The molecule has 1 heterocycles. The number of amides is 1. The Bertz CT molecular complexity index is 476. The Labute approximate surface area is 112 Å². The van der Waals surface area contributed by atoms with E-state index in [4.69, 9.17) is 4.74 Å². The van der Waals surface area contributed by atoms with E-state index in [1.807, 2.05) is 20.8 Å². The highest BCUT2D eigenvalue weighted by Crippen LogP contribution is 2.42. The molecule has 0 spiro atoms. The van der Waals surface area contributed by atoms with Crippen molar-refractivity contribution in [2.24, 2.45) is 5.41 Å². The first kappa shape index (κ1) is 13.9. The normalized spacial score (nSPS) is 24.6. The molecule has 1 amide bonds. The molecule has 2 atom stereocenters. The van der Waals surface area contributed by atoms with Gasteiger partial charge in [0.15, 0.2) is 0 Å². The summed E-state index contributed by atoms with van der Waals surface area (Å²) in [5.41, 5.74) is -0.150. The van der Waals surface area contributed by atoms with E-state index in [1.165, 1.54) is 12.3 Å². The minimum atomic E-state index is -0.738. The number of pyridine rings is 1. The topological polar surface area (TPSA) is 51.2 Å². The summed E-state index contributed by atoms with van der Waals surface area (Å²) in [6, 6.07) is 2.98. The maximum Gasteiger partial charge on any atom is 0.256 e. The molecule has 5 heteroatoms. The van der Waals surface area contributed by atoms with Gasteiger partial charge >= 0.3 is 0 Å². The Morgan fingerprint density at radius 2 is 2.37 bits per heavy atom. The van der Waals surface area contributed by atoms with Crippen molar-refractivity contribution in [2.75, 3.05) is 6.61 Å². The van der Waals surface area contributed by atoms with E-state index >= 15 is 0 Å². The lowest BCUT2D eigenvalue weighted by molar-refractivity contribution is -0.111. The molecule has 104 valence electrons. The number of ether oxygens (including phenoxy) is 1. The van der Waals surface area contributed by atoms with Gasteiger partial charge in [0.25, 0.3) is 5.91 Å². The molecule has 1 aromatic rings. The van der Waals surface area contributed by atoms with Crippen LogP contribution in [0.2, 0.25) is 0 Å². The Balaban J connectivity index is 2.00. The number of halogens is 1. The van der Waals surface area contributed by atoms with Crippen LogP contribution in [0.5, 0.6) is 0 Å². The van der Waals surface area contributed by atoms with E-state index in [-0.39, 0.29) is 23.1 Å². The molecule has 0 aliphatic heterocycles. The minimum Gasteiger partial charge on any atom is -0.378 e. The summed E-state index contributed by atoms with van der Waals surface area (Å²) < 4.78 is 19.0. The van der Waals surface area contributed by atoms with Crippen molar-refractivity contribution in [3.8, 4) is 0 Å². The second kappa shape index (κ2) is 5.25. The summed E-state index contributed by atoms with van der Waals surface area (Å²) in [6.45, 7) is 6.70. The number of rotatable bonds is 4. The zero-order valence-electron chi connectivity index (χ0n) is 11.4. The van der Waals surface area contributed by atoms with Crippen LogP contribution in [0.4, 0.5) is 4.39 Å². The van der Waals surface area contributed by atoms with Crippen LogP contribution < -0.4 is 5.32 Å². The molecule has 4 nitrogen and oxygen atoms in total. The third-order valence-corrected chi connectivity index (χ3v) is 3.85. The molecule has 0 saturated heterocycles. The molecule has 0 bridgehead atoms. The molecule has 1 aliphatic rings. The highest BCUT2D eigenvalue weighted by Gasteiger charge is 2.49. The number of carbonyl (C=O) groups excluding carboxylic acids is 1. The summed E-state index contributed by atoms with van der Waals surface area (Å²) >= 11 is 0.